The Labute approximate surface area is 289 Å². The molecule has 0 aliphatic heterocycles. The number of benzene rings is 2. The second-order valence-corrected chi connectivity index (χ2v) is 16.1. The van der Waals surface area contributed by atoms with Crippen molar-refractivity contribution in [3.05, 3.63) is 105 Å². The Balaban J connectivity index is -0.000000591. The van der Waals surface area contributed by atoms with E-state index in [0.29, 0.717) is 0 Å². The largest absolute Gasteiger partial charge is 0.246 e. The van der Waals surface area contributed by atoms with Crippen LogP contribution in [0.2, 0.25) is 0 Å². The maximum Gasteiger partial charge on any atom is 0.111 e. The van der Waals surface area contributed by atoms with Gasteiger partial charge in [-0.15, -0.1) is 0 Å². The van der Waals surface area contributed by atoms with Crippen molar-refractivity contribution in [1.82, 2.24) is 0 Å². The number of halogens is 1. The van der Waals surface area contributed by atoms with E-state index in [-0.39, 0.29) is 21.7 Å². The summed E-state index contributed by atoms with van der Waals surface area (Å²) in [5, 5.41) is 0. The van der Waals surface area contributed by atoms with E-state index in [1.54, 1.807) is 0 Å². The van der Waals surface area contributed by atoms with Gasteiger partial charge in [-0.05, 0) is 100 Å². The van der Waals surface area contributed by atoms with Crippen LogP contribution in [0, 0.1) is 31.6 Å². The lowest BCUT2D eigenvalue weighted by atomic mass is 9.77. The van der Waals surface area contributed by atoms with Crippen molar-refractivity contribution in [2.75, 3.05) is 6.67 Å². The first-order valence-corrected chi connectivity index (χ1v) is 17.7. The number of aryl methyl sites for hydroxylation is 4. The molecule has 2 aromatic carbocycles. The van der Waals surface area contributed by atoms with Crippen LogP contribution >= 0.6 is 0 Å². The van der Waals surface area contributed by atoms with Crippen LogP contribution in [-0.2, 0) is 17.3 Å². The molecule has 0 spiro atoms. The zero-order chi connectivity index (χ0) is 37.3. The molecule has 2 rings (SSSR count). The minimum Gasteiger partial charge on any atom is -0.246 e. The minimum atomic E-state index is -0.393. The van der Waals surface area contributed by atoms with Crippen LogP contribution in [0.4, 0.5) is 4.39 Å². The lowest BCUT2D eigenvalue weighted by molar-refractivity contribution is 0.496. The summed E-state index contributed by atoms with van der Waals surface area (Å²) >= 11 is 0. The highest BCUT2D eigenvalue weighted by Gasteiger charge is 2.22. The lowest BCUT2D eigenvalue weighted by Gasteiger charge is -2.28. The molecule has 0 bridgehead atoms. The van der Waals surface area contributed by atoms with Gasteiger partial charge in [0.1, 0.15) is 6.67 Å². The van der Waals surface area contributed by atoms with E-state index >= 15 is 0 Å². The predicted octanol–water partition coefficient (Wildman–Crippen LogP) is 15.0. The van der Waals surface area contributed by atoms with Crippen LogP contribution in [0.5, 0.6) is 0 Å². The molecular weight excluding hydrogens is 559 g/mol. The molecule has 0 amide bonds. The van der Waals surface area contributed by atoms with E-state index in [0.717, 1.165) is 23.1 Å². The minimum absolute atomic E-state index is 0.00458. The Hall–Kier alpha value is -2.41. The fraction of sp³-hybridized carbons (Fsp3) is 0.600. The first-order valence-electron chi connectivity index (χ1n) is 17.7. The molecule has 0 atom stereocenters. The van der Waals surface area contributed by atoms with E-state index in [4.69, 9.17) is 0 Å². The summed E-state index contributed by atoms with van der Waals surface area (Å²) in [7, 11) is 0. The normalized spacial score (nSPS) is 12.2. The first-order chi connectivity index (χ1) is 20.8. The third kappa shape index (κ3) is 19.3. The highest BCUT2D eigenvalue weighted by molar-refractivity contribution is 5.43. The van der Waals surface area contributed by atoms with E-state index in [2.05, 4.69) is 160 Å². The van der Waals surface area contributed by atoms with Crippen molar-refractivity contribution in [3.63, 3.8) is 0 Å². The van der Waals surface area contributed by atoms with Gasteiger partial charge in [-0.2, -0.15) is 0 Å². The molecule has 0 aromatic heterocycles. The zero-order valence-corrected chi connectivity index (χ0v) is 34.6. The van der Waals surface area contributed by atoms with Gasteiger partial charge < -0.3 is 0 Å². The van der Waals surface area contributed by atoms with E-state index in [1.165, 1.54) is 33.4 Å². The fourth-order valence-corrected chi connectivity index (χ4v) is 4.58. The maximum absolute atomic E-state index is 12.6. The van der Waals surface area contributed by atoms with Crippen LogP contribution < -0.4 is 0 Å². The average molecular weight is 637 g/mol. The van der Waals surface area contributed by atoms with Gasteiger partial charge in [0.2, 0.25) is 0 Å². The van der Waals surface area contributed by atoms with Crippen LogP contribution in [0.25, 0.3) is 0 Å². The van der Waals surface area contributed by atoms with Crippen molar-refractivity contribution in [2.24, 2.45) is 10.8 Å². The standard InChI is InChI=1S/C16H27F.C16H26.C9H12.2C2H6/c1-12(11-17)9-14(16(6,7)8)10-13(2)15(3,4)5;1-11-9-12(2)14(16(6,7)8)10-13(11)15(3,4)5;1-3-9-6-4-5-8(2)7-9;2*1-2/h9-10H,2,11H2,1,3-8H3;9-10H,1-8H3;4-7H,3H2,1-2H3;2*1-2H3/b12-9-,14-10+;;;;. The molecule has 0 radical (unpaired) electrons. The predicted molar refractivity (Wildman–Crippen MR) is 212 cm³/mol. The number of hydrogen-bond acceptors (Lipinski definition) is 0. The van der Waals surface area contributed by atoms with Gasteiger partial charge in [0.15, 0.2) is 0 Å². The molecule has 1 heteroatoms. The molecule has 0 fully saturated rings. The van der Waals surface area contributed by atoms with E-state index < -0.39 is 6.67 Å². The fourth-order valence-electron chi connectivity index (χ4n) is 4.58. The van der Waals surface area contributed by atoms with Crippen molar-refractivity contribution in [2.45, 2.75) is 163 Å². The molecular formula is C45H77F. The number of rotatable bonds is 4. The van der Waals surface area contributed by atoms with Crippen molar-refractivity contribution < 1.29 is 4.39 Å². The van der Waals surface area contributed by atoms with Gasteiger partial charge in [0.25, 0.3) is 0 Å². The van der Waals surface area contributed by atoms with E-state index in [9.17, 15) is 4.39 Å². The number of allylic oxidation sites excluding steroid dienone is 5. The third-order valence-electron chi connectivity index (χ3n) is 7.45. The van der Waals surface area contributed by atoms with E-state index in [1.807, 2.05) is 40.7 Å². The quantitative estimate of drug-likeness (QED) is 0.293. The van der Waals surface area contributed by atoms with Crippen LogP contribution in [0.1, 0.15) is 158 Å². The topological polar surface area (TPSA) is 0 Å². The number of alkyl halides is 1. The van der Waals surface area contributed by atoms with Crippen LogP contribution in [0.3, 0.4) is 0 Å². The third-order valence-corrected chi connectivity index (χ3v) is 7.45. The Morgan fingerprint density at radius 1 is 0.674 bits per heavy atom. The van der Waals surface area contributed by atoms with Crippen molar-refractivity contribution in [1.29, 1.82) is 0 Å². The van der Waals surface area contributed by atoms with Gasteiger partial charge in [0, 0.05) is 0 Å². The van der Waals surface area contributed by atoms with Crippen LogP contribution in [0.15, 0.2) is 71.8 Å². The Morgan fingerprint density at radius 2 is 1.11 bits per heavy atom. The molecule has 0 N–H and O–H groups in total. The molecule has 264 valence electrons. The van der Waals surface area contributed by atoms with Gasteiger partial charge in [-0.25, -0.2) is 4.39 Å². The molecule has 0 heterocycles. The van der Waals surface area contributed by atoms with Gasteiger partial charge >= 0.3 is 0 Å². The average Bonchev–Trinajstić information content (AvgIpc) is 2.93. The highest BCUT2D eigenvalue weighted by atomic mass is 19.1. The zero-order valence-electron chi connectivity index (χ0n) is 34.6. The molecule has 0 aliphatic carbocycles. The molecule has 0 aliphatic rings. The highest BCUT2D eigenvalue weighted by Crippen LogP contribution is 2.34. The van der Waals surface area contributed by atoms with Crippen molar-refractivity contribution in [3.8, 4) is 0 Å². The Bertz CT molecular complexity index is 1170. The summed E-state index contributed by atoms with van der Waals surface area (Å²) in [6, 6.07) is 13.4. The lowest BCUT2D eigenvalue weighted by Crippen LogP contribution is -2.18. The number of hydrogen-bond donors (Lipinski definition) is 0. The smallest absolute Gasteiger partial charge is 0.111 e. The van der Waals surface area contributed by atoms with Gasteiger partial charge in [-0.1, -0.05) is 178 Å². The Morgan fingerprint density at radius 3 is 1.39 bits per heavy atom. The molecule has 0 unspecified atom stereocenters. The summed E-state index contributed by atoms with van der Waals surface area (Å²) in [6.45, 7) is 48.8. The summed E-state index contributed by atoms with van der Waals surface area (Å²) in [6.07, 6.45) is 5.18. The monoisotopic (exact) mass is 637 g/mol. The van der Waals surface area contributed by atoms with Crippen LogP contribution in [-0.4, -0.2) is 6.67 Å². The summed E-state index contributed by atoms with van der Waals surface area (Å²) in [5.41, 5.74) is 12.0. The second kappa shape index (κ2) is 21.5. The van der Waals surface area contributed by atoms with Gasteiger partial charge in [-0.3, -0.25) is 0 Å². The summed E-state index contributed by atoms with van der Waals surface area (Å²) < 4.78 is 12.6. The molecule has 46 heavy (non-hydrogen) atoms. The maximum atomic E-state index is 12.6. The summed E-state index contributed by atoms with van der Waals surface area (Å²) in [5.74, 6) is 0. The van der Waals surface area contributed by atoms with Gasteiger partial charge in [0.05, 0.1) is 0 Å². The molecule has 0 saturated carbocycles. The SMILES string of the molecule is C=C(/C=C(\C=C(\C)CF)C(C)(C)C)C(C)(C)C.CC.CC.CCc1cccc(C)c1.Cc1cc(C)c(C(C)(C)C)cc1C(C)(C)C. The Kier molecular flexibility index (Phi) is 22.4. The molecule has 0 saturated heterocycles. The summed E-state index contributed by atoms with van der Waals surface area (Å²) in [4.78, 5) is 0. The molecule has 0 nitrogen and oxygen atoms in total. The van der Waals surface area contributed by atoms with Crippen molar-refractivity contribution >= 4 is 0 Å². The second-order valence-electron chi connectivity index (χ2n) is 16.1. The molecule has 2 aromatic rings. The first kappa shape index (κ1) is 48.0.